The maximum absolute atomic E-state index is 20.2. The summed E-state index contributed by atoms with van der Waals surface area (Å²) in [6, 6.07) is 0. The fourth-order valence-corrected chi connectivity index (χ4v) is 14.3. The number of unbranched alkanes of at least 4 members (excludes halogenated alkanes) is 3. The first-order valence-electron chi connectivity index (χ1n) is 22.0. The molecule has 0 aliphatic heterocycles. The molecule has 0 bridgehead atoms. The van der Waals surface area contributed by atoms with E-state index in [2.05, 4.69) is 0 Å². The largest absolute Gasteiger partial charge is 0.498 e. The molecule has 77 heavy (non-hydrogen) atoms. The highest BCUT2D eigenvalue weighted by Gasteiger charge is 2.54. The van der Waals surface area contributed by atoms with Crippen molar-refractivity contribution in [2.45, 2.75) is 59.3 Å². The van der Waals surface area contributed by atoms with Crippen LogP contribution >= 0.6 is 7.26 Å². The normalized spacial score (nSPS) is 12.2. The van der Waals surface area contributed by atoms with Crippen molar-refractivity contribution in [2.75, 3.05) is 18.5 Å². The van der Waals surface area contributed by atoms with Crippen LogP contribution in [0.1, 0.15) is 59.3 Å². The smallest absolute Gasteiger partial charge is 0.244 e. The van der Waals surface area contributed by atoms with Gasteiger partial charge in [0.05, 0.1) is 42.4 Å². The average Bonchev–Trinajstić information content (AvgIpc) is 3.40. The minimum absolute atomic E-state index is 0.0217. The molecule has 0 aliphatic rings. The van der Waals surface area contributed by atoms with Gasteiger partial charge in [0, 0.05) is 0 Å². The first-order chi connectivity index (χ1) is 35.8. The zero-order valence-electron chi connectivity index (χ0n) is 38.6. The molecule has 0 heterocycles. The number of rotatable bonds is 16. The van der Waals surface area contributed by atoms with Crippen LogP contribution in [-0.2, 0) is 0 Å². The molecule has 6 rings (SSSR count). The van der Waals surface area contributed by atoms with Crippen LogP contribution in [0, 0.1) is 151 Å². The van der Waals surface area contributed by atoms with Crippen LogP contribution in [0.5, 0.6) is 0 Å². The van der Waals surface area contributed by atoms with Crippen molar-refractivity contribution in [1.29, 1.82) is 0 Å². The van der Waals surface area contributed by atoms with Crippen molar-refractivity contribution in [3.8, 4) is 33.4 Å². The molecule has 6 aromatic carbocycles. The lowest BCUT2D eigenvalue weighted by Crippen LogP contribution is -2.69. The summed E-state index contributed by atoms with van der Waals surface area (Å²) in [5, 5.41) is -1.89. The monoisotopic (exact) mass is 1160 g/mol. The summed E-state index contributed by atoms with van der Waals surface area (Å²) >= 11 is 0. The second-order valence-electron chi connectivity index (χ2n) is 17.1. The summed E-state index contributed by atoms with van der Waals surface area (Å²) in [5.74, 6) is -93.6. The zero-order chi connectivity index (χ0) is 58.1. The predicted molar refractivity (Wildman–Crippen MR) is 226 cm³/mol. The maximum atomic E-state index is 20.2. The molecule has 416 valence electrons. The lowest BCUT2D eigenvalue weighted by Gasteiger charge is -2.42. The maximum Gasteiger partial charge on any atom is 0.244 e. The lowest BCUT2D eigenvalue weighted by atomic mass is 9.28. The average molecular weight is 1160 g/mol. The van der Waals surface area contributed by atoms with Crippen LogP contribution in [0.4, 0.5) is 118 Å². The fraction of sp³-hybridized carbons (Fsp3) is 0.250. The molecule has 0 aliphatic carbocycles. The van der Waals surface area contributed by atoms with Crippen LogP contribution in [0.2, 0.25) is 0 Å². The Morgan fingerprint density at radius 2 is 0.416 bits per heavy atom. The van der Waals surface area contributed by atoms with Gasteiger partial charge in [0.2, 0.25) is 29.7 Å². The standard InChI is InChI=1S/C48H27BF27P/c1-4-7-10-77(11-8-5-2,12-9-6-3)48-30(58)15(18-28(56)40(68)46(74)41(69)29(18)57)21(33(61)47(48)75)49(76,19-13(22(50)34(62)42(70)31(19)59)16-24(52)36(64)44(72)37(65)25(16)53)20-14(23(51)35(63)43(71)32(20)60)17-26(54)38(66)45(73)39(67)27(17)55/h4-12H2,1-3H3. The Balaban J connectivity index is 2.21. The highest BCUT2D eigenvalue weighted by atomic mass is 31.2. The topological polar surface area (TPSA) is 0 Å². The van der Waals surface area contributed by atoms with Gasteiger partial charge in [0.1, 0.15) is 17.5 Å². The Labute approximate surface area is 415 Å². The van der Waals surface area contributed by atoms with E-state index in [0.29, 0.717) is 0 Å². The molecule has 0 spiro atoms. The van der Waals surface area contributed by atoms with E-state index >= 15 is 105 Å². The number of hydrogen-bond donors (Lipinski definition) is 0. The summed E-state index contributed by atoms with van der Waals surface area (Å²) < 4.78 is 436. The van der Waals surface area contributed by atoms with Crippen molar-refractivity contribution in [1.82, 2.24) is 0 Å². The van der Waals surface area contributed by atoms with Crippen LogP contribution in [0.15, 0.2) is 0 Å². The highest BCUT2D eigenvalue weighted by molar-refractivity contribution is 7.83. The third kappa shape index (κ3) is 9.04. The first-order valence-corrected chi connectivity index (χ1v) is 24.4. The lowest BCUT2D eigenvalue weighted by molar-refractivity contribution is 0.379. The molecule has 0 fully saturated rings. The molecule has 0 saturated carbocycles. The van der Waals surface area contributed by atoms with E-state index < -0.39 is 238 Å². The van der Waals surface area contributed by atoms with Gasteiger partial charge < -0.3 is 4.32 Å². The first kappa shape index (κ1) is 60.2. The van der Waals surface area contributed by atoms with E-state index in [1.165, 1.54) is 20.8 Å². The van der Waals surface area contributed by atoms with E-state index in [1.54, 1.807) is 0 Å². The van der Waals surface area contributed by atoms with Gasteiger partial charge in [-0.3, -0.25) is 0 Å². The van der Waals surface area contributed by atoms with Gasteiger partial charge in [0.25, 0.3) is 0 Å². The van der Waals surface area contributed by atoms with Gasteiger partial charge >= 0.3 is 0 Å². The van der Waals surface area contributed by atoms with E-state index in [-0.39, 0.29) is 38.5 Å². The highest BCUT2D eigenvalue weighted by Crippen LogP contribution is 2.61. The summed E-state index contributed by atoms with van der Waals surface area (Å²) in [6.07, 6.45) is -10.5. The Bertz CT molecular complexity index is 3190. The van der Waals surface area contributed by atoms with Gasteiger partial charge in [-0.1, -0.05) is 40.0 Å². The Morgan fingerprint density at radius 3 is 0.649 bits per heavy atom. The third-order valence-electron chi connectivity index (χ3n) is 12.8. The number of benzene rings is 6. The second-order valence-corrected chi connectivity index (χ2v) is 21.2. The molecule has 0 amide bonds. The molecule has 0 atom stereocenters. The minimum atomic E-state index is -8.29. The van der Waals surface area contributed by atoms with Gasteiger partial charge in [-0.15, -0.1) is 16.4 Å². The van der Waals surface area contributed by atoms with Crippen molar-refractivity contribution in [2.24, 2.45) is 0 Å². The summed E-state index contributed by atoms with van der Waals surface area (Å²) in [4.78, 5) is 0. The second kappa shape index (κ2) is 22.0. The van der Waals surface area contributed by atoms with E-state index in [0.717, 1.165) is 0 Å². The molecule has 0 nitrogen and oxygen atoms in total. The Morgan fingerprint density at radius 1 is 0.234 bits per heavy atom. The summed E-state index contributed by atoms with van der Waals surface area (Å²) in [5.41, 5.74) is -32.6. The quantitative estimate of drug-likeness (QED) is 0.0298. The minimum Gasteiger partial charge on any atom is -0.498 e. The van der Waals surface area contributed by atoms with Crippen LogP contribution in [0.25, 0.3) is 33.4 Å². The van der Waals surface area contributed by atoms with Crippen molar-refractivity contribution in [3.05, 3.63) is 151 Å². The third-order valence-corrected chi connectivity index (χ3v) is 17.7. The van der Waals surface area contributed by atoms with E-state index in [1.807, 2.05) is 0 Å². The molecule has 6 aromatic rings. The predicted octanol–water partition coefficient (Wildman–Crippen LogP) is 15.3. The zero-order valence-corrected chi connectivity index (χ0v) is 39.5. The molecule has 0 saturated heterocycles. The molecule has 29 heteroatoms. The van der Waals surface area contributed by atoms with Crippen LogP contribution < -0.4 is 21.7 Å². The molecular formula is C48H27BF27P. The van der Waals surface area contributed by atoms with Crippen LogP contribution in [0.3, 0.4) is 0 Å². The van der Waals surface area contributed by atoms with Gasteiger partial charge in [-0.2, -0.15) is 4.39 Å². The summed E-state index contributed by atoms with van der Waals surface area (Å²) in [7, 11) is -4.20. The molecule has 0 aromatic heterocycles. The van der Waals surface area contributed by atoms with E-state index in [9.17, 15) is 13.2 Å². The van der Waals surface area contributed by atoms with Crippen molar-refractivity contribution >= 4 is 35.4 Å². The fourth-order valence-electron chi connectivity index (χ4n) is 9.19. The Hall–Kier alpha value is -6.08. The van der Waals surface area contributed by atoms with Gasteiger partial charge in [0.15, 0.2) is 116 Å². The van der Waals surface area contributed by atoms with Gasteiger partial charge in [-0.05, 0) is 36.0 Å². The van der Waals surface area contributed by atoms with E-state index in [4.69, 9.17) is 0 Å². The number of hydrogen-bond acceptors (Lipinski definition) is 0. The van der Waals surface area contributed by atoms with Gasteiger partial charge in [-0.25, -0.2) is 110 Å². The molecule has 0 N–H and O–H groups in total. The number of halogens is 27. The SMILES string of the molecule is CCCC[P+](CCCC)(CCCC)c1c(F)c(F)c([B-](F)(c2c(F)c(F)c(F)c(F)c2-c2c(F)c(F)c(F)c(F)c2F)c2c(F)c(F)c(F)c(F)c2-c2c(F)c(F)c(F)c(F)c2F)c(-c2c(F)c(F)c(F)c(F)c2F)c1F. The van der Waals surface area contributed by atoms with Crippen LogP contribution in [-0.4, -0.2) is 24.9 Å². The van der Waals surface area contributed by atoms with Crippen molar-refractivity contribution in [3.63, 3.8) is 0 Å². The molecular weight excluding hydrogens is 1130 g/mol. The summed E-state index contributed by atoms with van der Waals surface area (Å²) in [6.45, 7) is 4.25. The van der Waals surface area contributed by atoms with Crippen molar-refractivity contribution < 1.29 is 118 Å². The Kier molecular flexibility index (Phi) is 17.2. The molecule has 0 unspecified atom stereocenters. The molecule has 0 radical (unpaired) electrons.